The van der Waals surface area contributed by atoms with E-state index in [2.05, 4.69) is 39.2 Å². The number of amides is 1. The van der Waals surface area contributed by atoms with Crippen molar-refractivity contribution >= 4 is 16.9 Å². The van der Waals surface area contributed by atoms with Gasteiger partial charge in [-0.2, -0.15) is 0 Å². The molecule has 2 aromatic rings. The zero-order chi connectivity index (χ0) is 16.2. The second-order valence-corrected chi connectivity index (χ2v) is 6.49. The highest BCUT2D eigenvalue weighted by atomic mass is 16.2. The zero-order valence-electron chi connectivity index (χ0n) is 14.0. The molecule has 124 valence electrons. The van der Waals surface area contributed by atoms with Gasteiger partial charge in [0.15, 0.2) is 0 Å². The summed E-state index contributed by atoms with van der Waals surface area (Å²) in [6, 6.07) is 6.44. The van der Waals surface area contributed by atoms with Crippen LogP contribution in [0.25, 0.3) is 11.0 Å². The minimum absolute atomic E-state index is 0.0625. The van der Waals surface area contributed by atoms with Crippen LogP contribution in [0.1, 0.15) is 44.7 Å². The molecule has 0 aliphatic carbocycles. The molecular formula is C18H26N4O. The Labute approximate surface area is 137 Å². The lowest BCUT2D eigenvalue weighted by atomic mass is 9.96. The van der Waals surface area contributed by atoms with Crippen LogP contribution < -0.4 is 10.6 Å². The molecular weight excluding hydrogens is 288 g/mol. The van der Waals surface area contributed by atoms with Gasteiger partial charge in [0.2, 0.25) is 5.91 Å². The van der Waals surface area contributed by atoms with Crippen LogP contribution >= 0.6 is 0 Å². The van der Waals surface area contributed by atoms with E-state index >= 15 is 0 Å². The Morgan fingerprint density at radius 3 is 3.17 bits per heavy atom. The van der Waals surface area contributed by atoms with Gasteiger partial charge in [-0.1, -0.05) is 6.92 Å². The Morgan fingerprint density at radius 2 is 2.43 bits per heavy atom. The van der Waals surface area contributed by atoms with Crippen molar-refractivity contribution in [1.29, 1.82) is 0 Å². The van der Waals surface area contributed by atoms with Crippen LogP contribution in [-0.2, 0) is 11.3 Å². The van der Waals surface area contributed by atoms with Gasteiger partial charge in [-0.05, 0) is 50.9 Å². The van der Waals surface area contributed by atoms with Gasteiger partial charge in [0, 0.05) is 35.8 Å². The summed E-state index contributed by atoms with van der Waals surface area (Å²) >= 11 is 0. The van der Waals surface area contributed by atoms with Crippen LogP contribution in [-0.4, -0.2) is 34.6 Å². The number of carbonyl (C=O) groups is 1. The molecule has 1 saturated heterocycles. The maximum Gasteiger partial charge on any atom is 0.240 e. The van der Waals surface area contributed by atoms with Crippen molar-refractivity contribution in [1.82, 2.24) is 20.2 Å². The second kappa shape index (κ2) is 7.13. The van der Waals surface area contributed by atoms with Crippen molar-refractivity contribution < 1.29 is 4.79 Å². The van der Waals surface area contributed by atoms with Gasteiger partial charge in [-0.15, -0.1) is 0 Å². The SMILES string of the molecule is CCC(C)NC(=O)Cn1c(C2CCCNC2)cc2cccnc21. The first kappa shape index (κ1) is 16.0. The highest BCUT2D eigenvalue weighted by Gasteiger charge is 2.22. The molecule has 5 heteroatoms. The van der Waals surface area contributed by atoms with Gasteiger partial charge in [0.05, 0.1) is 0 Å². The van der Waals surface area contributed by atoms with Crippen molar-refractivity contribution in [3.63, 3.8) is 0 Å². The van der Waals surface area contributed by atoms with E-state index in [0.717, 1.165) is 37.0 Å². The largest absolute Gasteiger partial charge is 0.352 e. The van der Waals surface area contributed by atoms with E-state index in [1.807, 2.05) is 13.0 Å². The third-order valence-electron chi connectivity index (χ3n) is 4.72. The van der Waals surface area contributed by atoms with Crippen molar-refractivity contribution in [2.24, 2.45) is 0 Å². The molecule has 1 fully saturated rings. The fraction of sp³-hybridized carbons (Fsp3) is 0.556. The second-order valence-electron chi connectivity index (χ2n) is 6.49. The van der Waals surface area contributed by atoms with Gasteiger partial charge in [0.1, 0.15) is 12.2 Å². The number of carbonyl (C=O) groups excluding carboxylic acids is 1. The maximum absolute atomic E-state index is 12.4. The molecule has 0 spiro atoms. The summed E-state index contributed by atoms with van der Waals surface area (Å²) < 4.78 is 2.10. The molecule has 23 heavy (non-hydrogen) atoms. The predicted molar refractivity (Wildman–Crippen MR) is 92.5 cm³/mol. The van der Waals surface area contributed by atoms with Crippen LogP contribution in [0.4, 0.5) is 0 Å². The fourth-order valence-electron chi connectivity index (χ4n) is 3.28. The first-order valence-corrected chi connectivity index (χ1v) is 8.63. The zero-order valence-corrected chi connectivity index (χ0v) is 14.0. The summed E-state index contributed by atoms with van der Waals surface area (Å²) in [5, 5.41) is 7.64. The molecule has 0 radical (unpaired) electrons. The van der Waals surface area contributed by atoms with Crippen LogP contribution in [0.15, 0.2) is 24.4 Å². The number of nitrogens with zero attached hydrogens (tertiary/aromatic N) is 2. The molecule has 0 bridgehead atoms. The van der Waals surface area contributed by atoms with Crippen molar-refractivity contribution in [2.75, 3.05) is 13.1 Å². The molecule has 0 saturated carbocycles. The van der Waals surface area contributed by atoms with Crippen molar-refractivity contribution in [3.8, 4) is 0 Å². The average Bonchev–Trinajstić information content (AvgIpc) is 2.94. The maximum atomic E-state index is 12.4. The van der Waals surface area contributed by atoms with Gasteiger partial charge in [-0.25, -0.2) is 4.98 Å². The number of nitrogens with one attached hydrogen (secondary N) is 2. The molecule has 1 aliphatic heterocycles. The Kier molecular flexibility index (Phi) is 4.96. The van der Waals surface area contributed by atoms with E-state index in [1.54, 1.807) is 6.20 Å². The Morgan fingerprint density at radius 1 is 1.57 bits per heavy atom. The number of fused-ring (bicyclic) bond motifs is 1. The fourth-order valence-corrected chi connectivity index (χ4v) is 3.28. The lowest BCUT2D eigenvalue weighted by Gasteiger charge is -2.24. The standard InChI is InChI=1S/C18H26N4O/c1-3-13(2)21-17(23)12-22-16(15-7-4-8-19-11-15)10-14-6-5-9-20-18(14)22/h5-6,9-10,13,15,19H,3-4,7-8,11-12H2,1-2H3,(H,21,23). The smallest absolute Gasteiger partial charge is 0.240 e. The minimum Gasteiger partial charge on any atom is -0.352 e. The van der Waals surface area contributed by atoms with Crippen LogP contribution in [0.5, 0.6) is 0 Å². The Bertz CT molecular complexity index is 673. The molecule has 1 aliphatic rings. The number of hydrogen-bond acceptors (Lipinski definition) is 3. The number of aromatic nitrogens is 2. The summed E-state index contributed by atoms with van der Waals surface area (Å²) in [7, 11) is 0. The number of rotatable bonds is 5. The quantitative estimate of drug-likeness (QED) is 0.891. The molecule has 2 aromatic heterocycles. The summed E-state index contributed by atoms with van der Waals surface area (Å²) in [5.41, 5.74) is 2.14. The highest BCUT2D eigenvalue weighted by molar-refractivity contribution is 5.82. The molecule has 0 aromatic carbocycles. The monoisotopic (exact) mass is 314 g/mol. The van der Waals surface area contributed by atoms with Crippen molar-refractivity contribution in [3.05, 3.63) is 30.1 Å². The van der Waals surface area contributed by atoms with Crippen LogP contribution in [0.3, 0.4) is 0 Å². The third-order valence-corrected chi connectivity index (χ3v) is 4.72. The van der Waals surface area contributed by atoms with Crippen LogP contribution in [0, 0.1) is 0 Å². The predicted octanol–water partition coefficient (Wildman–Crippen LogP) is 2.42. The third kappa shape index (κ3) is 3.55. The normalized spacial score (nSPS) is 19.7. The molecule has 2 N–H and O–H groups in total. The molecule has 2 unspecified atom stereocenters. The Balaban J connectivity index is 1.91. The molecule has 3 rings (SSSR count). The molecule has 2 atom stereocenters. The highest BCUT2D eigenvalue weighted by Crippen LogP contribution is 2.28. The van der Waals surface area contributed by atoms with E-state index < -0.39 is 0 Å². The van der Waals surface area contributed by atoms with E-state index in [4.69, 9.17) is 0 Å². The Hall–Kier alpha value is -1.88. The van der Waals surface area contributed by atoms with Gasteiger partial charge in [0.25, 0.3) is 0 Å². The van der Waals surface area contributed by atoms with E-state index in [0.29, 0.717) is 12.5 Å². The molecule has 1 amide bonds. The van der Waals surface area contributed by atoms with E-state index in [1.165, 1.54) is 12.1 Å². The van der Waals surface area contributed by atoms with E-state index in [9.17, 15) is 4.79 Å². The lowest BCUT2D eigenvalue weighted by molar-refractivity contribution is -0.122. The summed E-state index contributed by atoms with van der Waals surface area (Å²) in [5.74, 6) is 0.516. The first-order chi connectivity index (χ1) is 11.2. The van der Waals surface area contributed by atoms with Gasteiger partial charge >= 0.3 is 0 Å². The average molecular weight is 314 g/mol. The minimum atomic E-state index is 0.0625. The summed E-state index contributed by atoms with van der Waals surface area (Å²) in [4.78, 5) is 16.9. The molecule has 3 heterocycles. The van der Waals surface area contributed by atoms with Gasteiger partial charge < -0.3 is 15.2 Å². The van der Waals surface area contributed by atoms with Gasteiger partial charge in [-0.3, -0.25) is 4.79 Å². The summed E-state index contributed by atoms with van der Waals surface area (Å²) in [6.45, 7) is 6.52. The topological polar surface area (TPSA) is 59.0 Å². The number of pyridine rings is 1. The molecule has 5 nitrogen and oxygen atoms in total. The van der Waals surface area contributed by atoms with Crippen LogP contribution in [0.2, 0.25) is 0 Å². The number of piperidine rings is 1. The first-order valence-electron chi connectivity index (χ1n) is 8.63. The number of hydrogen-bond donors (Lipinski definition) is 2. The summed E-state index contributed by atoms with van der Waals surface area (Å²) in [6.07, 6.45) is 5.08. The lowest BCUT2D eigenvalue weighted by Crippen LogP contribution is -2.36. The van der Waals surface area contributed by atoms with E-state index in [-0.39, 0.29) is 11.9 Å². The van der Waals surface area contributed by atoms with Crippen molar-refractivity contribution in [2.45, 2.75) is 51.6 Å².